The first-order valence-corrected chi connectivity index (χ1v) is 5.27. The van der Waals surface area contributed by atoms with Crippen LogP contribution in [0.15, 0.2) is 0 Å². The number of hydrogen-bond acceptors (Lipinski definition) is 3. The summed E-state index contributed by atoms with van der Waals surface area (Å²) in [5.41, 5.74) is -0.383. The molecule has 0 aromatic rings. The maximum absolute atomic E-state index is 9.88. The summed E-state index contributed by atoms with van der Waals surface area (Å²) < 4.78 is 0. The van der Waals surface area contributed by atoms with Gasteiger partial charge >= 0.3 is 0 Å². The molecule has 0 aromatic heterocycles. The van der Waals surface area contributed by atoms with Gasteiger partial charge in [0, 0.05) is 13.1 Å². The van der Waals surface area contributed by atoms with Gasteiger partial charge in [0.05, 0.1) is 11.7 Å². The van der Waals surface area contributed by atoms with Crippen LogP contribution in [0.5, 0.6) is 0 Å². The fraction of sp³-hybridized carbons (Fsp3) is 1.00. The van der Waals surface area contributed by atoms with Crippen LogP contribution in [-0.2, 0) is 0 Å². The molecule has 0 aromatic carbocycles. The molecule has 0 spiro atoms. The van der Waals surface area contributed by atoms with Gasteiger partial charge in [-0.3, -0.25) is 4.90 Å². The van der Waals surface area contributed by atoms with Crippen molar-refractivity contribution >= 4 is 0 Å². The number of hydrogen-bond donors (Lipinski definition) is 2. The predicted molar refractivity (Wildman–Crippen MR) is 50.4 cm³/mol. The van der Waals surface area contributed by atoms with Crippen molar-refractivity contribution in [2.45, 2.75) is 37.9 Å². The first-order valence-electron chi connectivity index (χ1n) is 5.27. The molecule has 1 saturated heterocycles. The number of rotatable bonds is 3. The Balaban J connectivity index is 1.81. The van der Waals surface area contributed by atoms with Crippen molar-refractivity contribution in [2.24, 2.45) is 5.92 Å². The lowest BCUT2D eigenvalue weighted by Gasteiger charge is -2.31. The van der Waals surface area contributed by atoms with E-state index in [0.29, 0.717) is 5.92 Å². The number of aliphatic hydroxyl groups is 2. The number of likely N-dealkylation sites (tertiary alicyclic amines) is 1. The van der Waals surface area contributed by atoms with Gasteiger partial charge in [-0.25, -0.2) is 0 Å². The van der Waals surface area contributed by atoms with Crippen molar-refractivity contribution in [1.29, 1.82) is 0 Å². The summed E-state index contributed by atoms with van der Waals surface area (Å²) in [4.78, 5) is 2.19. The Morgan fingerprint density at radius 2 is 2.38 bits per heavy atom. The molecule has 0 amide bonds. The monoisotopic (exact) mass is 185 g/mol. The minimum atomic E-state index is -0.383. The average molecular weight is 185 g/mol. The average Bonchev–Trinajstić information content (AvgIpc) is 2.75. The number of β-amino-alcohol motifs (C(OH)–C–C–N with tert-alkyl or cyclic N) is 2. The fourth-order valence-electron chi connectivity index (χ4n) is 2.32. The molecule has 3 heteroatoms. The summed E-state index contributed by atoms with van der Waals surface area (Å²) in [7, 11) is 0. The Morgan fingerprint density at radius 1 is 1.62 bits per heavy atom. The normalized spacial score (nSPS) is 41.3. The van der Waals surface area contributed by atoms with E-state index in [1.807, 2.05) is 6.92 Å². The standard InChI is InChI=1S/C10H19NO2/c1-2-9(12)6-11-4-3-8-5-10(8,13)7-11/h8-9,12-13H,2-7H2,1H3/t8-,9?,10+/m1/s1. The lowest BCUT2D eigenvalue weighted by atomic mass is 10.1. The van der Waals surface area contributed by atoms with Crippen molar-refractivity contribution in [1.82, 2.24) is 4.90 Å². The van der Waals surface area contributed by atoms with Gasteiger partial charge in [0.25, 0.3) is 0 Å². The highest BCUT2D eigenvalue weighted by Crippen LogP contribution is 2.48. The fourth-order valence-corrected chi connectivity index (χ4v) is 2.32. The van der Waals surface area contributed by atoms with Gasteiger partial charge in [-0.15, -0.1) is 0 Å². The predicted octanol–water partition coefficient (Wildman–Crippen LogP) is 0.214. The molecular formula is C10H19NO2. The Bertz CT molecular complexity index is 197. The van der Waals surface area contributed by atoms with E-state index >= 15 is 0 Å². The molecule has 13 heavy (non-hydrogen) atoms. The van der Waals surface area contributed by atoms with E-state index in [1.165, 1.54) is 0 Å². The van der Waals surface area contributed by atoms with Crippen LogP contribution in [0.25, 0.3) is 0 Å². The summed E-state index contributed by atoms with van der Waals surface area (Å²) in [6.07, 6.45) is 2.66. The number of nitrogens with zero attached hydrogens (tertiary/aromatic N) is 1. The van der Waals surface area contributed by atoms with Crippen LogP contribution >= 0.6 is 0 Å². The molecule has 2 rings (SSSR count). The summed E-state index contributed by atoms with van der Waals surface area (Å²) in [6, 6.07) is 0. The van der Waals surface area contributed by atoms with Crippen molar-refractivity contribution in [3.63, 3.8) is 0 Å². The van der Waals surface area contributed by atoms with Gasteiger partial charge < -0.3 is 10.2 Å². The third-order valence-corrected chi connectivity index (χ3v) is 3.43. The second kappa shape index (κ2) is 3.23. The van der Waals surface area contributed by atoms with Gasteiger partial charge in [0.2, 0.25) is 0 Å². The lowest BCUT2D eigenvalue weighted by molar-refractivity contribution is 0.0249. The zero-order valence-corrected chi connectivity index (χ0v) is 8.24. The first-order chi connectivity index (χ1) is 6.14. The smallest absolute Gasteiger partial charge is 0.0807 e. The third-order valence-electron chi connectivity index (χ3n) is 3.43. The molecular weight excluding hydrogens is 166 g/mol. The van der Waals surface area contributed by atoms with E-state index in [0.717, 1.165) is 38.9 Å². The Labute approximate surface area is 79.4 Å². The number of aliphatic hydroxyl groups excluding tert-OH is 1. The summed E-state index contributed by atoms with van der Waals surface area (Å²) >= 11 is 0. The largest absolute Gasteiger partial charge is 0.392 e. The van der Waals surface area contributed by atoms with Crippen LogP contribution in [0.2, 0.25) is 0 Å². The van der Waals surface area contributed by atoms with Crippen molar-refractivity contribution in [3.8, 4) is 0 Å². The van der Waals surface area contributed by atoms with Gasteiger partial charge in [-0.2, -0.15) is 0 Å². The van der Waals surface area contributed by atoms with Gasteiger partial charge in [-0.1, -0.05) is 6.92 Å². The third kappa shape index (κ3) is 1.87. The zero-order chi connectivity index (χ0) is 9.47. The van der Waals surface area contributed by atoms with E-state index in [1.54, 1.807) is 0 Å². The molecule has 2 fully saturated rings. The molecule has 1 aliphatic heterocycles. The molecule has 1 heterocycles. The van der Waals surface area contributed by atoms with Crippen LogP contribution in [-0.4, -0.2) is 46.5 Å². The maximum Gasteiger partial charge on any atom is 0.0807 e. The molecule has 0 bridgehead atoms. The molecule has 1 saturated carbocycles. The molecule has 2 N–H and O–H groups in total. The van der Waals surface area contributed by atoms with Crippen LogP contribution < -0.4 is 0 Å². The molecule has 1 unspecified atom stereocenters. The van der Waals surface area contributed by atoms with E-state index in [-0.39, 0.29) is 11.7 Å². The molecule has 3 atom stereocenters. The van der Waals surface area contributed by atoms with Crippen molar-refractivity contribution in [2.75, 3.05) is 19.6 Å². The Hall–Kier alpha value is -0.120. The molecule has 3 nitrogen and oxygen atoms in total. The lowest BCUT2D eigenvalue weighted by Crippen LogP contribution is -2.43. The molecule has 2 aliphatic rings. The van der Waals surface area contributed by atoms with Crippen molar-refractivity contribution < 1.29 is 10.2 Å². The van der Waals surface area contributed by atoms with Crippen LogP contribution in [0.4, 0.5) is 0 Å². The maximum atomic E-state index is 9.88. The second-order valence-electron chi connectivity index (χ2n) is 4.59. The van der Waals surface area contributed by atoms with Crippen LogP contribution in [0.3, 0.4) is 0 Å². The first kappa shape index (κ1) is 9.44. The summed E-state index contributed by atoms with van der Waals surface area (Å²) in [5, 5.41) is 19.4. The Morgan fingerprint density at radius 3 is 3.00 bits per heavy atom. The van der Waals surface area contributed by atoms with E-state index < -0.39 is 0 Å². The van der Waals surface area contributed by atoms with Gasteiger partial charge in [0.15, 0.2) is 0 Å². The van der Waals surface area contributed by atoms with Crippen LogP contribution in [0, 0.1) is 5.92 Å². The second-order valence-corrected chi connectivity index (χ2v) is 4.59. The Kier molecular flexibility index (Phi) is 2.34. The van der Waals surface area contributed by atoms with E-state index in [4.69, 9.17) is 0 Å². The topological polar surface area (TPSA) is 43.7 Å². The highest BCUT2D eigenvalue weighted by molar-refractivity contribution is 5.08. The van der Waals surface area contributed by atoms with E-state index in [9.17, 15) is 10.2 Å². The quantitative estimate of drug-likeness (QED) is 0.661. The zero-order valence-electron chi connectivity index (χ0n) is 8.24. The number of piperidine rings is 1. The van der Waals surface area contributed by atoms with Gasteiger partial charge in [0.1, 0.15) is 0 Å². The molecule has 76 valence electrons. The van der Waals surface area contributed by atoms with Crippen LogP contribution in [0.1, 0.15) is 26.2 Å². The molecule has 1 aliphatic carbocycles. The highest BCUT2D eigenvalue weighted by atomic mass is 16.3. The SMILES string of the molecule is CCC(O)CN1CC[C@@H]2C[C@]2(O)C1. The minimum Gasteiger partial charge on any atom is -0.392 e. The highest BCUT2D eigenvalue weighted by Gasteiger charge is 2.55. The minimum absolute atomic E-state index is 0.223. The number of fused-ring (bicyclic) bond motifs is 1. The molecule has 0 radical (unpaired) electrons. The van der Waals surface area contributed by atoms with Crippen molar-refractivity contribution in [3.05, 3.63) is 0 Å². The summed E-state index contributed by atoms with van der Waals surface area (Å²) in [6.45, 7) is 4.54. The van der Waals surface area contributed by atoms with Gasteiger partial charge in [-0.05, 0) is 31.7 Å². The van der Waals surface area contributed by atoms with E-state index in [2.05, 4.69) is 4.90 Å². The summed E-state index contributed by atoms with van der Waals surface area (Å²) in [5.74, 6) is 0.558.